The predicted octanol–water partition coefficient (Wildman–Crippen LogP) is 1.27. The van der Waals surface area contributed by atoms with Crippen LogP contribution in [0.15, 0.2) is 12.2 Å². The van der Waals surface area contributed by atoms with Crippen LogP contribution in [0.4, 0.5) is 0 Å². The van der Waals surface area contributed by atoms with Gasteiger partial charge in [-0.3, -0.25) is 28.9 Å². The van der Waals surface area contributed by atoms with Crippen LogP contribution < -0.4 is 11.1 Å². The van der Waals surface area contributed by atoms with E-state index in [4.69, 9.17) is 5.73 Å². The number of unbranched alkanes of at least 4 members (excludes halogenated alkanes) is 2. The van der Waals surface area contributed by atoms with E-state index in [1.165, 1.54) is 24.0 Å². The zero-order chi connectivity index (χ0) is 22.1. The first kappa shape index (κ1) is 23.9. The summed E-state index contributed by atoms with van der Waals surface area (Å²) in [5.74, 6) is -0.288. The number of rotatable bonds is 12. The van der Waals surface area contributed by atoms with Crippen LogP contribution in [0, 0.1) is 11.8 Å². The summed E-state index contributed by atoms with van der Waals surface area (Å²) in [6.45, 7) is 1.76. The van der Waals surface area contributed by atoms with Crippen LogP contribution in [0.3, 0.4) is 0 Å². The number of carbonyl (C=O) groups is 5. The topological polar surface area (TPSA) is 127 Å². The zero-order valence-corrected chi connectivity index (χ0v) is 17.7. The van der Waals surface area contributed by atoms with Gasteiger partial charge in [0.1, 0.15) is 5.78 Å². The molecule has 1 heterocycles. The number of carbonyl (C=O) groups excluding carboxylic acids is 5. The lowest BCUT2D eigenvalue weighted by Crippen LogP contribution is -2.42. The number of hydrogen-bond donors (Lipinski definition) is 2. The molecule has 0 radical (unpaired) electrons. The average Bonchev–Trinajstić information content (AvgIpc) is 3.04. The van der Waals surface area contributed by atoms with E-state index >= 15 is 0 Å². The van der Waals surface area contributed by atoms with Crippen LogP contribution in [0.2, 0.25) is 0 Å². The van der Waals surface area contributed by atoms with Crippen molar-refractivity contribution in [2.24, 2.45) is 17.6 Å². The first-order valence-corrected chi connectivity index (χ1v) is 10.9. The van der Waals surface area contributed by atoms with Gasteiger partial charge in [-0.05, 0) is 51.4 Å². The molecule has 1 atom stereocenters. The summed E-state index contributed by atoms with van der Waals surface area (Å²) >= 11 is 0. The summed E-state index contributed by atoms with van der Waals surface area (Å²) in [6.07, 6.45) is 9.40. The maximum absolute atomic E-state index is 12.5. The molecule has 1 fully saturated rings. The number of hydrogen-bond acceptors (Lipinski definition) is 6. The Kier molecular flexibility index (Phi) is 9.36. The summed E-state index contributed by atoms with van der Waals surface area (Å²) in [5.41, 5.74) is 5.27. The van der Waals surface area contributed by atoms with Crippen molar-refractivity contribution in [1.29, 1.82) is 0 Å². The Balaban J connectivity index is 1.61. The van der Waals surface area contributed by atoms with Gasteiger partial charge >= 0.3 is 0 Å². The minimum absolute atomic E-state index is 0.0677. The highest BCUT2D eigenvalue weighted by Gasteiger charge is 2.30. The smallest absolute Gasteiger partial charge is 0.253 e. The molecular formula is C22H33N3O5. The molecule has 1 unspecified atom stereocenters. The predicted molar refractivity (Wildman–Crippen MR) is 111 cm³/mol. The summed E-state index contributed by atoms with van der Waals surface area (Å²) in [7, 11) is 0. The van der Waals surface area contributed by atoms with E-state index in [-0.39, 0.29) is 47.7 Å². The Morgan fingerprint density at radius 2 is 1.70 bits per heavy atom. The minimum atomic E-state index is -0.503. The zero-order valence-electron chi connectivity index (χ0n) is 17.7. The summed E-state index contributed by atoms with van der Waals surface area (Å²) in [5, 5.41) is 2.62. The molecule has 166 valence electrons. The van der Waals surface area contributed by atoms with Gasteiger partial charge in [-0.25, -0.2) is 0 Å². The minimum Gasteiger partial charge on any atom is -0.345 e. The number of nitrogens with one attached hydrogen (secondary N) is 1. The maximum Gasteiger partial charge on any atom is 0.253 e. The third-order valence-corrected chi connectivity index (χ3v) is 6.07. The second-order valence-corrected chi connectivity index (χ2v) is 8.34. The van der Waals surface area contributed by atoms with Gasteiger partial charge in [0.15, 0.2) is 5.78 Å². The summed E-state index contributed by atoms with van der Waals surface area (Å²) < 4.78 is 0. The molecule has 0 aromatic carbocycles. The molecule has 0 spiro atoms. The molecule has 0 bridgehead atoms. The molecule has 0 saturated heterocycles. The average molecular weight is 420 g/mol. The second-order valence-electron chi connectivity index (χ2n) is 8.34. The molecule has 1 aliphatic carbocycles. The first-order chi connectivity index (χ1) is 14.3. The first-order valence-electron chi connectivity index (χ1n) is 10.9. The van der Waals surface area contributed by atoms with Crippen LogP contribution in [-0.4, -0.2) is 53.3 Å². The molecule has 8 nitrogen and oxygen atoms in total. The Bertz CT molecular complexity index is 677. The van der Waals surface area contributed by atoms with Crippen LogP contribution in [-0.2, 0) is 24.0 Å². The van der Waals surface area contributed by atoms with Gasteiger partial charge in [0.05, 0.1) is 12.6 Å². The van der Waals surface area contributed by atoms with Crippen molar-refractivity contribution in [3.8, 4) is 0 Å². The number of nitrogens with two attached hydrogens (primary N) is 1. The van der Waals surface area contributed by atoms with Gasteiger partial charge < -0.3 is 11.1 Å². The van der Waals surface area contributed by atoms with Crippen molar-refractivity contribution in [2.45, 2.75) is 70.8 Å². The second kappa shape index (κ2) is 11.7. The molecule has 0 aromatic heterocycles. The molecule has 8 heteroatoms. The third kappa shape index (κ3) is 7.16. The van der Waals surface area contributed by atoms with Crippen molar-refractivity contribution in [1.82, 2.24) is 10.2 Å². The van der Waals surface area contributed by atoms with Gasteiger partial charge in [-0.1, -0.05) is 12.8 Å². The molecular weight excluding hydrogens is 386 g/mol. The van der Waals surface area contributed by atoms with Crippen molar-refractivity contribution in [3.63, 3.8) is 0 Å². The molecule has 0 aromatic rings. The number of Topliss-reactive ketones (excluding diaryl/α,β-unsaturated/α-hetero) is 2. The third-order valence-electron chi connectivity index (χ3n) is 6.07. The van der Waals surface area contributed by atoms with Crippen LogP contribution in [0.25, 0.3) is 0 Å². The number of nitrogens with zero attached hydrogens (tertiary/aromatic N) is 1. The van der Waals surface area contributed by atoms with Gasteiger partial charge in [-0.15, -0.1) is 0 Å². The fourth-order valence-electron chi connectivity index (χ4n) is 4.20. The van der Waals surface area contributed by atoms with E-state index in [9.17, 15) is 24.0 Å². The summed E-state index contributed by atoms with van der Waals surface area (Å²) in [6, 6.07) is -0.503. The molecule has 3 N–H and O–H groups in total. The van der Waals surface area contributed by atoms with Crippen molar-refractivity contribution in [2.75, 3.05) is 13.1 Å². The van der Waals surface area contributed by atoms with E-state index < -0.39 is 6.04 Å². The number of amides is 3. The van der Waals surface area contributed by atoms with Crippen LogP contribution in [0.1, 0.15) is 64.7 Å². The number of ketones is 2. The molecule has 30 heavy (non-hydrogen) atoms. The fraction of sp³-hybridized carbons (Fsp3) is 0.682. The van der Waals surface area contributed by atoms with Gasteiger partial charge in [0.25, 0.3) is 11.8 Å². The largest absolute Gasteiger partial charge is 0.345 e. The lowest BCUT2D eigenvalue weighted by atomic mass is 9.79. The highest BCUT2D eigenvalue weighted by Crippen LogP contribution is 2.31. The van der Waals surface area contributed by atoms with Gasteiger partial charge in [-0.2, -0.15) is 0 Å². The Morgan fingerprint density at radius 1 is 1.07 bits per heavy atom. The lowest BCUT2D eigenvalue weighted by Gasteiger charge is -2.30. The SMILES string of the molecule is CC(=O)C(CCCCCC(=O)C1CCC(CN2C(=O)C=CC2=O)CC1)NC(=O)CN. The molecule has 2 aliphatic rings. The Labute approximate surface area is 177 Å². The Hall–Kier alpha value is -2.35. The van der Waals surface area contributed by atoms with E-state index in [1.54, 1.807) is 0 Å². The monoisotopic (exact) mass is 419 g/mol. The highest BCUT2D eigenvalue weighted by atomic mass is 16.2. The molecule has 1 aliphatic heterocycles. The molecule has 3 amide bonds. The number of imide groups is 1. The summed E-state index contributed by atoms with van der Waals surface area (Å²) in [4.78, 5) is 60.1. The quantitative estimate of drug-likeness (QED) is 0.362. The van der Waals surface area contributed by atoms with E-state index in [0.29, 0.717) is 19.4 Å². The van der Waals surface area contributed by atoms with Gasteiger partial charge in [0, 0.05) is 31.0 Å². The van der Waals surface area contributed by atoms with Gasteiger partial charge in [0.2, 0.25) is 5.91 Å². The maximum atomic E-state index is 12.5. The molecule has 2 rings (SSSR count). The highest BCUT2D eigenvalue weighted by molar-refractivity contribution is 6.12. The standard InChI is InChI=1S/C22H33N3O5/c1-15(26)18(24-20(28)13-23)5-3-2-4-6-19(27)17-9-7-16(8-10-17)14-25-21(29)11-12-22(25)30/h11-12,16-18H,2-10,13-14,23H2,1H3,(H,24,28). The van der Waals surface area contributed by atoms with E-state index in [1.807, 2.05) is 0 Å². The Morgan fingerprint density at radius 3 is 2.27 bits per heavy atom. The van der Waals surface area contributed by atoms with E-state index in [0.717, 1.165) is 44.9 Å². The van der Waals surface area contributed by atoms with Crippen molar-refractivity contribution >= 4 is 29.3 Å². The van der Waals surface area contributed by atoms with Crippen molar-refractivity contribution < 1.29 is 24.0 Å². The lowest BCUT2D eigenvalue weighted by molar-refractivity contribution is -0.138. The fourth-order valence-corrected chi connectivity index (χ4v) is 4.20. The van der Waals surface area contributed by atoms with E-state index in [2.05, 4.69) is 5.32 Å². The normalized spacial score (nSPS) is 22.3. The van der Waals surface area contributed by atoms with Crippen LogP contribution >= 0.6 is 0 Å². The van der Waals surface area contributed by atoms with Crippen LogP contribution in [0.5, 0.6) is 0 Å². The molecule has 1 saturated carbocycles. The van der Waals surface area contributed by atoms with Crippen molar-refractivity contribution in [3.05, 3.63) is 12.2 Å².